The molecular weight excluding hydrogens is 414 g/mol. The Morgan fingerprint density at radius 2 is 1.67 bits per heavy atom. The van der Waals surface area contributed by atoms with Gasteiger partial charge in [0, 0.05) is 17.5 Å². The molecule has 0 fully saturated rings. The highest BCUT2D eigenvalue weighted by molar-refractivity contribution is 5.97. The second-order valence-electron chi connectivity index (χ2n) is 7.55. The summed E-state index contributed by atoms with van der Waals surface area (Å²) >= 11 is 0. The van der Waals surface area contributed by atoms with Gasteiger partial charge in [-0.15, -0.1) is 10.2 Å². The highest BCUT2D eigenvalue weighted by Gasteiger charge is 2.16. The van der Waals surface area contributed by atoms with Gasteiger partial charge in [0.15, 0.2) is 5.69 Å². The molecule has 2 N–H and O–H groups in total. The number of H-pyrrole nitrogens is 1. The number of para-hydroxylation sites is 1. The third-order valence-corrected chi connectivity index (χ3v) is 5.55. The Morgan fingerprint density at radius 1 is 0.939 bits per heavy atom. The van der Waals surface area contributed by atoms with Gasteiger partial charge in [-0.05, 0) is 36.2 Å². The van der Waals surface area contributed by atoms with E-state index in [-0.39, 0.29) is 17.3 Å². The fraction of sp³-hybridized carbons (Fsp3) is 0.0769. The van der Waals surface area contributed by atoms with Crippen molar-refractivity contribution in [3.8, 4) is 28.3 Å². The molecular formula is C26H21N5O2. The fourth-order valence-electron chi connectivity index (χ4n) is 3.91. The topological polar surface area (TPSA) is 95.6 Å². The molecule has 0 bridgehead atoms. The molecule has 162 valence electrons. The Kier molecular flexibility index (Phi) is 5.28. The van der Waals surface area contributed by atoms with E-state index in [9.17, 15) is 9.90 Å². The Hall–Kier alpha value is -4.52. The molecule has 7 heteroatoms. The summed E-state index contributed by atoms with van der Waals surface area (Å²) in [6.07, 6.45) is 0. The van der Waals surface area contributed by atoms with Gasteiger partial charge in [0.2, 0.25) is 5.88 Å². The van der Waals surface area contributed by atoms with Crippen LogP contribution in [-0.4, -0.2) is 25.8 Å². The van der Waals surface area contributed by atoms with Crippen molar-refractivity contribution in [2.24, 2.45) is 10.2 Å². The first-order valence-corrected chi connectivity index (χ1v) is 10.6. The standard InChI is InChI=1S/C26H21N5O2/c1-2-31-23-14-7-6-13-20(23)24(26(31)33)29-30-25(32)22-16-21(27-28-22)19-12-8-11-18(15-19)17-9-4-3-5-10-17/h3-16,33H,2H2,1H3,(H,27,28). The van der Waals surface area contributed by atoms with E-state index < -0.39 is 5.91 Å². The quantitative estimate of drug-likeness (QED) is 0.315. The van der Waals surface area contributed by atoms with Crippen molar-refractivity contribution >= 4 is 22.5 Å². The van der Waals surface area contributed by atoms with Gasteiger partial charge in [0.25, 0.3) is 0 Å². The summed E-state index contributed by atoms with van der Waals surface area (Å²) in [6.45, 7) is 2.50. The smallest absolute Gasteiger partial charge is 0.313 e. The van der Waals surface area contributed by atoms with Crippen LogP contribution in [0.2, 0.25) is 0 Å². The van der Waals surface area contributed by atoms with E-state index in [4.69, 9.17) is 0 Å². The number of rotatable bonds is 5. The zero-order valence-corrected chi connectivity index (χ0v) is 17.9. The van der Waals surface area contributed by atoms with Crippen LogP contribution in [0.25, 0.3) is 33.3 Å². The molecule has 0 aliphatic rings. The van der Waals surface area contributed by atoms with E-state index in [1.165, 1.54) is 0 Å². The Morgan fingerprint density at radius 3 is 2.48 bits per heavy atom. The second kappa shape index (κ2) is 8.55. The van der Waals surface area contributed by atoms with Gasteiger partial charge in [-0.2, -0.15) is 5.10 Å². The largest absolute Gasteiger partial charge is 0.493 e. The van der Waals surface area contributed by atoms with E-state index in [1.807, 2.05) is 85.8 Å². The number of benzene rings is 3. The number of fused-ring (bicyclic) bond motifs is 1. The average Bonchev–Trinajstić information content (AvgIpc) is 3.46. The Bertz CT molecular complexity index is 1480. The van der Waals surface area contributed by atoms with Gasteiger partial charge in [0.1, 0.15) is 5.69 Å². The highest BCUT2D eigenvalue weighted by atomic mass is 16.3. The minimum absolute atomic E-state index is 0.0155. The van der Waals surface area contributed by atoms with E-state index in [0.717, 1.165) is 27.6 Å². The number of hydrogen-bond donors (Lipinski definition) is 2. The van der Waals surface area contributed by atoms with Gasteiger partial charge in [-0.3, -0.25) is 9.89 Å². The van der Waals surface area contributed by atoms with Crippen molar-refractivity contribution < 1.29 is 9.90 Å². The number of carbonyl (C=O) groups is 1. The molecule has 2 aromatic heterocycles. The van der Waals surface area contributed by atoms with Crippen LogP contribution in [0.15, 0.2) is 95.2 Å². The minimum atomic E-state index is -0.569. The van der Waals surface area contributed by atoms with Gasteiger partial charge in [-0.25, -0.2) is 0 Å². The van der Waals surface area contributed by atoms with Crippen LogP contribution in [0, 0.1) is 0 Å². The van der Waals surface area contributed by atoms with Crippen LogP contribution < -0.4 is 0 Å². The fourth-order valence-corrected chi connectivity index (χ4v) is 3.91. The Labute approximate surface area is 190 Å². The molecule has 0 saturated carbocycles. The molecule has 0 saturated heterocycles. The van der Waals surface area contributed by atoms with Gasteiger partial charge in [0.05, 0.1) is 11.2 Å². The highest BCUT2D eigenvalue weighted by Crippen LogP contribution is 2.38. The van der Waals surface area contributed by atoms with Crippen LogP contribution in [-0.2, 0) is 6.54 Å². The van der Waals surface area contributed by atoms with Crippen LogP contribution in [0.5, 0.6) is 5.88 Å². The summed E-state index contributed by atoms with van der Waals surface area (Å²) in [4.78, 5) is 12.7. The number of carbonyl (C=O) groups excluding carboxylic acids is 1. The normalized spacial score (nSPS) is 11.4. The summed E-state index contributed by atoms with van der Waals surface area (Å²) in [7, 11) is 0. The maximum absolute atomic E-state index is 12.7. The number of azo groups is 1. The van der Waals surface area contributed by atoms with E-state index in [0.29, 0.717) is 12.2 Å². The summed E-state index contributed by atoms with van der Waals surface area (Å²) in [5.74, 6) is -0.584. The molecule has 1 amide bonds. The number of aromatic nitrogens is 3. The molecule has 33 heavy (non-hydrogen) atoms. The first-order chi connectivity index (χ1) is 16.2. The third kappa shape index (κ3) is 3.80. The predicted molar refractivity (Wildman–Crippen MR) is 128 cm³/mol. The lowest BCUT2D eigenvalue weighted by atomic mass is 10.0. The average molecular weight is 435 g/mol. The SMILES string of the molecule is CCn1c(O)c(N=NC(=O)c2cc(-c3cccc(-c4ccccc4)c3)n[nH]2)c2ccccc21. The Balaban J connectivity index is 1.42. The number of nitrogens with one attached hydrogen (secondary N) is 1. The van der Waals surface area contributed by atoms with Crippen molar-refractivity contribution in [1.82, 2.24) is 14.8 Å². The monoisotopic (exact) mass is 435 g/mol. The van der Waals surface area contributed by atoms with Crippen molar-refractivity contribution in [1.29, 1.82) is 0 Å². The second-order valence-corrected chi connectivity index (χ2v) is 7.55. The van der Waals surface area contributed by atoms with E-state index >= 15 is 0 Å². The number of aryl methyl sites for hydroxylation is 1. The van der Waals surface area contributed by atoms with Crippen LogP contribution in [0.1, 0.15) is 17.4 Å². The van der Waals surface area contributed by atoms with Gasteiger partial charge in [-0.1, -0.05) is 66.7 Å². The van der Waals surface area contributed by atoms with Crippen LogP contribution in [0.3, 0.4) is 0 Å². The number of hydrogen-bond acceptors (Lipinski definition) is 4. The van der Waals surface area contributed by atoms with Crippen LogP contribution in [0.4, 0.5) is 5.69 Å². The van der Waals surface area contributed by atoms with Crippen molar-refractivity contribution in [2.75, 3.05) is 0 Å². The van der Waals surface area contributed by atoms with Gasteiger partial charge >= 0.3 is 5.91 Å². The first-order valence-electron chi connectivity index (χ1n) is 10.6. The summed E-state index contributed by atoms with van der Waals surface area (Å²) in [6, 6.07) is 27.1. The summed E-state index contributed by atoms with van der Waals surface area (Å²) in [5, 5.41) is 26.2. The van der Waals surface area contributed by atoms with Crippen molar-refractivity contribution in [3.63, 3.8) is 0 Å². The number of aromatic hydroxyl groups is 1. The predicted octanol–water partition coefficient (Wildman–Crippen LogP) is 6.35. The minimum Gasteiger partial charge on any atom is -0.493 e. The summed E-state index contributed by atoms with van der Waals surface area (Å²) < 4.78 is 1.72. The maximum atomic E-state index is 12.7. The molecule has 3 aromatic carbocycles. The molecule has 5 rings (SSSR count). The molecule has 7 nitrogen and oxygen atoms in total. The van der Waals surface area contributed by atoms with Crippen molar-refractivity contribution in [2.45, 2.75) is 13.5 Å². The molecule has 0 aliphatic carbocycles. The number of aromatic amines is 1. The zero-order chi connectivity index (χ0) is 22.8. The van der Waals surface area contributed by atoms with Crippen molar-refractivity contribution in [3.05, 3.63) is 90.6 Å². The molecule has 2 heterocycles. The van der Waals surface area contributed by atoms with E-state index in [2.05, 4.69) is 20.4 Å². The molecule has 0 spiro atoms. The lowest BCUT2D eigenvalue weighted by molar-refractivity contribution is 0.0990. The molecule has 0 atom stereocenters. The first kappa shape index (κ1) is 20.4. The third-order valence-electron chi connectivity index (χ3n) is 5.55. The number of nitrogens with zero attached hydrogens (tertiary/aromatic N) is 4. The lowest BCUT2D eigenvalue weighted by Crippen LogP contribution is -1.93. The maximum Gasteiger partial charge on any atom is 0.313 e. The van der Waals surface area contributed by atoms with Crippen LogP contribution >= 0.6 is 0 Å². The molecule has 0 aliphatic heterocycles. The molecule has 0 radical (unpaired) electrons. The number of amides is 1. The molecule has 5 aromatic rings. The van der Waals surface area contributed by atoms with E-state index in [1.54, 1.807) is 10.6 Å². The van der Waals surface area contributed by atoms with Gasteiger partial charge < -0.3 is 9.67 Å². The summed E-state index contributed by atoms with van der Waals surface area (Å²) in [5.41, 5.74) is 5.01. The molecule has 0 unspecified atom stereocenters. The zero-order valence-electron chi connectivity index (χ0n) is 17.9. The lowest BCUT2D eigenvalue weighted by Gasteiger charge is -2.03.